The van der Waals surface area contributed by atoms with Gasteiger partial charge in [-0.25, -0.2) is 0 Å². The molecule has 1 atom stereocenters. The highest BCUT2D eigenvalue weighted by Gasteiger charge is 2.23. The number of ether oxygens (including phenoxy) is 1. The van der Waals surface area contributed by atoms with E-state index in [1.54, 1.807) is 18.4 Å². The van der Waals surface area contributed by atoms with Gasteiger partial charge in [0.2, 0.25) is 5.91 Å². The van der Waals surface area contributed by atoms with E-state index in [0.717, 1.165) is 30.0 Å². The molecule has 0 saturated carbocycles. The zero-order valence-corrected chi connectivity index (χ0v) is 14.6. The summed E-state index contributed by atoms with van der Waals surface area (Å²) in [4.78, 5) is 15.4. The Morgan fingerprint density at radius 3 is 3.00 bits per heavy atom. The normalized spacial score (nSPS) is 16.7. The second-order valence-electron chi connectivity index (χ2n) is 6.18. The van der Waals surface area contributed by atoms with Crippen LogP contribution in [0.3, 0.4) is 0 Å². The van der Waals surface area contributed by atoms with Crippen LogP contribution in [0.4, 0.5) is 0 Å². The number of hydrogen-bond acceptors (Lipinski definition) is 3. The first-order valence-electron chi connectivity index (χ1n) is 8.10. The summed E-state index contributed by atoms with van der Waals surface area (Å²) in [6, 6.07) is 10.4. The van der Waals surface area contributed by atoms with Crippen molar-refractivity contribution in [2.24, 2.45) is 0 Å². The van der Waals surface area contributed by atoms with Crippen LogP contribution < -0.4 is 4.74 Å². The van der Waals surface area contributed by atoms with Crippen LogP contribution >= 0.6 is 11.3 Å². The highest BCUT2D eigenvalue weighted by molar-refractivity contribution is 7.10. The second kappa shape index (κ2) is 7.18. The van der Waals surface area contributed by atoms with Crippen LogP contribution in [0.2, 0.25) is 0 Å². The molecule has 1 aliphatic carbocycles. The Morgan fingerprint density at radius 2 is 2.26 bits per heavy atom. The van der Waals surface area contributed by atoms with Crippen LogP contribution in [0.15, 0.2) is 35.7 Å². The lowest BCUT2D eigenvalue weighted by atomic mass is 9.82. The molecule has 3 nitrogen and oxygen atoms in total. The predicted octanol–water partition coefficient (Wildman–Crippen LogP) is 3.88. The number of benzene rings is 1. The number of carbonyl (C=O) groups is 1. The van der Waals surface area contributed by atoms with Gasteiger partial charge in [-0.1, -0.05) is 12.1 Å². The van der Waals surface area contributed by atoms with E-state index in [2.05, 4.69) is 12.1 Å². The Bertz CT molecular complexity index is 666. The van der Waals surface area contributed by atoms with E-state index in [-0.39, 0.29) is 5.91 Å². The Kier molecular flexibility index (Phi) is 5.01. The summed E-state index contributed by atoms with van der Waals surface area (Å²) < 4.78 is 5.33. The van der Waals surface area contributed by atoms with Gasteiger partial charge in [-0.3, -0.25) is 4.79 Å². The lowest BCUT2D eigenvalue weighted by molar-refractivity contribution is -0.129. The molecule has 1 aromatic heterocycles. The van der Waals surface area contributed by atoms with Crippen molar-refractivity contribution in [1.82, 2.24) is 4.90 Å². The predicted molar refractivity (Wildman–Crippen MR) is 94.3 cm³/mol. The number of rotatable bonds is 5. The number of amides is 1. The number of methoxy groups -OCH3 is 1. The minimum absolute atomic E-state index is 0.202. The third-order valence-corrected chi connectivity index (χ3v) is 5.49. The van der Waals surface area contributed by atoms with Crippen molar-refractivity contribution in [2.75, 3.05) is 20.7 Å². The quantitative estimate of drug-likeness (QED) is 0.833. The summed E-state index contributed by atoms with van der Waals surface area (Å²) in [5, 5.41) is 2.02. The average molecular weight is 329 g/mol. The van der Waals surface area contributed by atoms with E-state index in [9.17, 15) is 4.79 Å². The van der Waals surface area contributed by atoms with Gasteiger partial charge in [0.1, 0.15) is 5.75 Å². The molecule has 1 aromatic carbocycles. The van der Waals surface area contributed by atoms with Gasteiger partial charge in [-0.2, -0.15) is 0 Å². The second-order valence-corrected chi connectivity index (χ2v) is 7.22. The topological polar surface area (TPSA) is 29.5 Å². The van der Waals surface area contributed by atoms with Gasteiger partial charge >= 0.3 is 0 Å². The molecular weight excluding hydrogens is 306 g/mol. The molecule has 122 valence electrons. The highest BCUT2D eigenvalue weighted by atomic mass is 32.1. The summed E-state index contributed by atoms with van der Waals surface area (Å²) in [5.74, 6) is 1.56. The van der Waals surface area contributed by atoms with Gasteiger partial charge in [0.05, 0.1) is 13.5 Å². The van der Waals surface area contributed by atoms with Gasteiger partial charge in [0.25, 0.3) is 0 Å². The average Bonchev–Trinajstić information content (AvgIpc) is 3.07. The number of carbonyl (C=O) groups excluding carboxylic acids is 1. The number of hydrogen-bond donors (Lipinski definition) is 0. The SMILES string of the molecule is COc1ccc2c(c1)CCCC2CN(C)C(=O)Cc1cccs1. The van der Waals surface area contributed by atoms with E-state index in [1.807, 2.05) is 35.5 Å². The largest absolute Gasteiger partial charge is 0.497 e. The van der Waals surface area contributed by atoms with E-state index >= 15 is 0 Å². The molecule has 4 heteroatoms. The number of fused-ring (bicyclic) bond motifs is 1. The third kappa shape index (κ3) is 3.75. The fraction of sp³-hybridized carbons (Fsp3) is 0.421. The van der Waals surface area contributed by atoms with Crippen LogP contribution in [0.25, 0.3) is 0 Å². The molecule has 1 heterocycles. The molecule has 1 aliphatic rings. The smallest absolute Gasteiger partial charge is 0.227 e. The lowest BCUT2D eigenvalue weighted by Gasteiger charge is -2.29. The molecular formula is C19H23NO2S. The minimum Gasteiger partial charge on any atom is -0.497 e. The van der Waals surface area contributed by atoms with Gasteiger partial charge in [0, 0.05) is 24.4 Å². The summed E-state index contributed by atoms with van der Waals surface area (Å²) >= 11 is 1.65. The van der Waals surface area contributed by atoms with Crippen LogP contribution in [-0.4, -0.2) is 31.5 Å². The molecule has 0 saturated heterocycles. The Labute approximate surface area is 141 Å². The number of aryl methyl sites for hydroxylation is 1. The first kappa shape index (κ1) is 16.1. The molecule has 0 bridgehead atoms. The summed E-state index contributed by atoms with van der Waals surface area (Å²) in [7, 11) is 3.63. The zero-order valence-electron chi connectivity index (χ0n) is 13.7. The van der Waals surface area contributed by atoms with E-state index < -0.39 is 0 Å². The highest BCUT2D eigenvalue weighted by Crippen LogP contribution is 2.34. The van der Waals surface area contributed by atoms with Crippen molar-refractivity contribution in [3.05, 3.63) is 51.7 Å². The molecule has 0 N–H and O–H groups in total. The molecule has 23 heavy (non-hydrogen) atoms. The van der Waals surface area contributed by atoms with Crippen LogP contribution in [0.5, 0.6) is 5.75 Å². The Balaban J connectivity index is 1.67. The summed E-state index contributed by atoms with van der Waals surface area (Å²) in [6.45, 7) is 0.795. The van der Waals surface area contributed by atoms with Crippen molar-refractivity contribution < 1.29 is 9.53 Å². The molecule has 1 amide bonds. The molecule has 0 radical (unpaired) electrons. The molecule has 0 aliphatic heterocycles. The maximum absolute atomic E-state index is 12.4. The lowest BCUT2D eigenvalue weighted by Crippen LogP contribution is -2.33. The molecule has 2 aromatic rings. The van der Waals surface area contributed by atoms with E-state index in [0.29, 0.717) is 12.3 Å². The van der Waals surface area contributed by atoms with Crippen molar-refractivity contribution in [3.8, 4) is 5.75 Å². The molecule has 1 unspecified atom stereocenters. The first-order valence-corrected chi connectivity index (χ1v) is 8.98. The van der Waals surface area contributed by atoms with Gasteiger partial charge in [0.15, 0.2) is 0 Å². The number of nitrogens with zero attached hydrogens (tertiary/aromatic N) is 1. The van der Waals surface area contributed by atoms with Gasteiger partial charge < -0.3 is 9.64 Å². The van der Waals surface area contributed by atoms with Crippen LogP contribution in [0, 0.1) is 0 Å². The van der Waals surface area contributed by atoms with Gasteiger partial charge in [-0.05, 0) is 54.0 Å². The van der Waals surface area contributed by atoms with Crippen LogP contribution in [0.1, 0.15) is 34.8 Å². The van der Waals surface area contributed by atoms with Crippen molar-refractivity contribution in [1.29, 1.82) is 0 Å². The van der Waals surface area contributed by atoms with Gasteiger partial charge in [-0.15, -0.1) is 11.3 Å². The minimum atomic E-state index is 0.202. The maximum atomic E-state index is 12.4. The molecule has 0 fully saturated rings. The standard InChI is InChI=1S/C19H23NO2S/c1-20(19(21)12-17-7-4-10-23-17)13-15-6-3-5-14-11-16(22-2)8-9-18(14)15/h4,7-11,15H,3,5-6,12-13H2,1-2H3. The third-order valence-electron chi connectivity index (χ3n) is 4.61. The Hall–Kier alpha value is -1.81. The monoisotopic (exact) mass is 329 g/mol. The van der Waals surface area contributed by atoms with Crippen molar-refractivity contribution >= 4 is 17.2 Å². The fourth-order valence-electron chi connectivity index (χ4n) is 3.34. The summed E-state index contributed by atoms with van der Waals surface area (Å²) in [5.41, 5.74) is 2.76. The maximum Gasteiger partial charge on any atom is 0.227 e. The van der Waals surface area contributed by atoms with E-state index in [4.69, 9.17) is 4.74 Å². The summed E-state index contributed by atoms with van der Waals surface area (Å²) in [6.07, 6.45) is 3.94. The first-order chi connectivity index (χ1) is 11.2. The van der Waals surface area contributed by atoms with Crippen LogP contribution in [-0.2, 0) is 17.6 Å². The Morgan fingerprint density at radius 1 is 1.39 bits per heavy atom. The number of likely N-dealkylation sites (N-methyl/N-ethyl adjacent to an activating group) is 1. The molecule has 0 spiro atoms. The zero-order chi connectivity index (χ0) is 16.2. The fourth-order valence-corrected chi connectivity index (χ4v) is 4.03. The van der Waals surface area contributed by atoms with Crippen molar-refractivity contribution in [3.63, 3.8) is 0 Å². The van der Waals surface area contributed by atoms with E-state index in [1.165, 1.54) is 17.5 Å². The number of thiophene rings is 1. The molecule has 3 rings (SSSR count). The van der Waals surface area contributed by atoms with Crippen molar-refractivity contribution in [2.45, 2.75) is 31.6 Å².